The van der Waals surface area contributed by atoms with Crippen LogP contribution in [0.3, 0.4) is 0 Å². The zero-order valence-corrected chi connectivity index (χ0v) is 15.5. The molecule has 0 amide bonds. The molecular formula is C21H20N4OS. The summed E-state index contributed by atoms with van der Waals surface area (Å²) in [7, 11) is 0. The summed E-state index contributed by atoms with van der Waals surface area (Å²) >= 11 is 1.46. The van der Waals surface area contributed by atoms with Crippen LogP contribution in [-0.4, -0.2) is 16.4 Å². The first-order valence-electron chi connectivity index (χ1n) is 8.45. The van der Waals surface area contributed by atoms with E-state index in [1.54, 1.807) is 12.4 Å². The van der Waals surface area contributed by atoms with Crippen molar-refractivity contribution in [2.75, 3.05) is 0 Å². The predicted molar refractivity (Wildman–Crippen MR) is 112 cm³/mol. The molecule has 0 aliphatic rings. The van der Waals surface area contributed by atoms with Crippen LogP contribution in [0.15, 0.2) is 89.2 Å². The number of pyridine rings is 1. The Kier molecular flexibility index (Phi) is 7.00. The molecule has 3 aromatic rings. The lowest BCUT2D eigenvalue weighted by atomic mass is 10.2. The van der Waals surface area contributed by atoms with Gasteiger partial charge in [0.05, 0.1) is 11.9 Å². The minimum Gasteiger partial charge on any atom is -0.487 e. The van der Waals surface area contributed by atoms with Crippen molar-refractivity contribution in [3.05, 3.63) is 95.8 Å². The molecule has 2 aromatic carbocycles. The number of amidine groups is 1. The number of nitrogens with two attached hydrogens (primary N) is 1. The molecule has 1 aromatic heterocycles. The molecule has 0 fully saturated rings. The first-order valence-corrected chi connectivity index (χ1v) is 9.44. The molecule has 2 N–H and O–H groups in total. The van der Waals surface area contributed by atoms with E-state index in [1.807, 2.05) is 60.7 Å². The Hall–Kier alpha value is -3.12. The molecule has 1 heterocycles. The number of hydrogen-bond acceptors (Lipinski definition) is 5. The van der Waals surface area contributed by atoms with Gasteiger partial charge in [-0.15, -0.1) is 5.10 Å². The summed E-state index contributed by atoms with van der Waals surface area (Å²) in [5.74, 6) is 1.52. The van der Waals surface area contributed by atoms with Crippen molar-refractivity contribution in [3.8, 4) is 5.75 Å². The largest absolute Gasteiger partial charge is 0.487 e. The van der Waals surface area contributed by atoms with E-state index in [0.717, 1.165) is 22.8 Å². The molecule has 0 bridgehead atoms. The Labute approximate surface area is 163 Å². The van der Waals surface area contributed by atoms with Gasteiger partial charge in [0, 0.05) is 11.9 Å². The molecule has 136 valence electrons. The van der Waals surface area contributed by atoms with Crippen LogP contribution in [0.1, 0.15) is 16.8 Å². The molecule has 6 heteroatoms. The average Bonchev–Trinajstić information content (AvgIpc) is 2.73. The number of nitrogens with zero attached hydrogens (tertiary/aromatic N) is 3. The van der Waals surface area contributed by atoms with E-state index in [4.69, 9.17) is 10.5 Å². The zero-order valence-electron chi connectivity index (χ0n) is 14.7. The van der Waals surface area contributed by atoms with Crippen LogP contribution in [-0.2, 0) is 12.4 Å². The molecule has 0 aliphatic heterocycles. The quantitative estimate of drug-likeness (QED) is 0.380. The maximum atomic E-state index is 5.90. The fourth-order valence-corrected chi connectivity index (χ4v) is 2.85. The summed E-state index contributed by atoms with van der Waals surface area (Å²) < 4.78 is 5.76. The molecular weight excluding hydrogens is 356 g/mol. The van der Waals surface area contributed by atoms with Crippen molar-refractivity contribution in [3.63, 3.8) is 0 Å². The molecule has 0 radical (unpaired) electrons. The Morgan fingerprint density at radius 3 is 2.70 bits per heavy atom. The van der Waals surface area contributed by atoms with Crippen molar-refractivity contribution >= 4 is 23.1 Å². The SMILES string of the molecule is NC(=NN=Cc1cccc(OCc2ccccn2)c1)SCc1ccccc1. The molecule has 5 nitrogen and oxygen atoms in total. The van der Waals surface area contributed by atoms with Crippen molar-refractivity contribution in [2.24, 2.45) is 15.9 Å². The third kappa shape index (κ3) is 6.60. The fourth-order valence-electron chi connectivity index (χ4n) is 2.24. The van der Waals surface area contributed by atoms with E-state index in [1.165, 1.54) is 17.3 Å². The smallest absolute Gasteiger partial charge is 0.180 e. The predicted octanol–water partition coefficient (Wildman–Crippen LogP) is 4.24. The summed E-state index contributed by atoms with van der Waals surface area (Å²) in [6, 6.07) is 23.5. The van der Waals surface area contributed by atoms with Gasteiger partial charge in [-0.3, -0.25) is 4.98 Å². The third-order valence-corrected chi connectivity index (χ3v) is 4.42. The standard InChI is InChI=1S/C21H20N4OS/c22-21(27-16-17-7-2-1-3-8-17)25-24-14-18-9-6-11-20(13-18)26-15-19-10-4-5-12-23-19/h1-14H,15-16H2,(H2,22,25). The minimum absolute atomic E-state index is 0.419. The highest BCUT2D eigenvalue weighted by Crippen LogP contribution is 2.14. The van der Waals surface area contributed by atoms with E-state index in [9.17, 15) is 0 Å². The Bertz CT molecular complexity index is 898. The van der Waals surface area contributed by atoms with Crippen LogP contribution in [0, 0.1) is 0 Å². The Balaban J connectivity index is 1.52. The first kappa shape index (κ1) is 18.7. The number of aromatic nitrogens is 1. The second-order valence-electron chi connectivity index (χ2n) is 5.64. The second kappa shape index (κ2) is 10.1. The topological polar surface area (TPSA) is 72.9 Å². The van der Waals surface area contributed by atoms with Gasteiger partial charge < -0.3 is 10.5 Å². The van der Waals surface area contributed by atoms with Crippen LogP contribution in [0.5, 0.6) is 5.75 Å². The third-order valence-electron chi connectivity index (χ3n) is 3.56. The highest BCUT2D eigenvalue weighted by molar-refractivity contribution is 8.13. The number of thioether (sulfide) groups is 1. The van der Waals surface area contributed by atoms with E-state index in [-0.39, 0.29) is 0 Å². The average molecular weight is 376 g/mol. The van der Waals surface area contributed by atoms with E-state index in [0.29, 0.717) is 11.8 Å². The highest BCUT2D eigenvalue weighted by atomic mass is 32.2. The van der Waals surface area contributed by atoms with Crippen LogP contribution in [0.25, 0.3) is 0 Å². The van der Waals surface area contributed by atoms with Gasteiger partial charge in [-0.2, -0.15) is 5.10 Å². The molecule has 0 saturated heterocycles. The maximum absolute atomic E-state index is 5.90. The lowest BCUT2D eigenvalue weighted by Gasteiger charge is -2.05. The van der Waals surface area contributed by atoms with Crippen molar-refractivity contribution in [2.45, 2.75) is 12.4 Å². The van der Waals surface area contributed by atoms with Crippen LogP contribution in [0.4, 0.5) is 0 Å². The van der Waals surface area contributed by atoms with E-state index < -0.39 is 0 Å². The molecule has 0 saturated carbocycles. The van der Waals surface area contributed by atoms with Gasteiger partial charge in [0.25, 0.3) is 0 Å². The molecule has 0 unspecified atom stereocenters. The number of ether oxygens (including phenoxy) is 1. The fraction of sp³-hybridized carbons (Fsp3) is 0.0952. The minimum atomic E-state index is 0.419. The van der Waals surface area contributed by atoms with Gasteiger partial charge in [-0.1, -0.05) is 60.3 Å². The van der Waals surface area contributed by atoms with Gasteiger partial charge in [-0.05, 0) is 35.4 Å². The maximum Gasteiger partial charge on any atom is 0.180 e. The van der Waals surface area contributed by atoms with Gasteiger partial charge in [0.2, 0.25) is 0 Å². The number of rotatable bonds is 7. The van der Waals surface area contributed by atoms with E-state index >= 15 is 0 Å². The van der Waals surface area contributed by atoms with Crippen molar-refractivity contribution in [1.82, 2.24) is 4.98 Å². The summed E-state index contributed by atoms with van der Waals surface area (Å²) in [6.45, 7) is 0.419. The molecule has 27 heavy (non-hydrogen) atoms. The first-order chi connectivity index (χ1) is 13.3. The summed E-state index contributed by atoms with van der Waals surface area (Å²) in [5.41, 5.74) is 8.86. The lowest BCUT2D eigenvalue weighted by molar-refractivity contribution is 0.301. The van der Waals surface area contributed by atoms with E-state index in [2.05, 4.69) is 27.3 Å². The molecule has 0 aliphatic carbocycles. The van der Waals surface area contributed by atoms with Crippen LogP contribution >= 0.6 is 11.8 Å². The number of hydrogen-bond donors (Lipinski definition) is 1. The van der Waals surface area contributed by atoms with Gasteiger partial charge in [0.15, 0.2) is 5.17 Å². The van der Waals surface area contributed by atoms with Gasteiger partial charge >= 0.3 is 0 Å². The Morgan fingerprint density at radius 1 is 1.04 bits per heavy atom. The molecule has 0 spiro atoms. The summed E-state index contributed by atoms with van der Waals surface area (Å²) in [5, 5.41) is 8.52. The van der Waals surface area contributed by atoms with Crippen molar-refractivity contribution in [1.29, 1.82) is 0 Å². The van der Waals surface area contributed by atoms with Crippen molar-refractivity contribution < 1.29 is 4.74 Å². The molecule has 3 rings (SSSR count). The van der Waals surface area contributed by atoms with Gasteiger partial charge in [0.1, 0.15) is 12.4 Å². The summed E-state index contributed by atoms with van der Waals surface area (Å²) in [6.07, 6.45) is 3.41. The summed E-state index contributed by atoms with van der Waals surface area (Å²) in [4.78, 5) is 4.24. The Morgan fingerprint density at radius 2 is 1.89 bits per heavy atom. The monoisotopic (exact) mass is 376 g/mol. The lowest BCUT2D eigenvalue weighted by Crippen LogP contribution is -2.06. The zero-order chi connectivity index (χ0) is 18.7. The molecule has 0 atom stereocenters. The highest BCUT2D eigenvalue weighted by Gasteiger charge is 1.98. The van der Waals surface area contributed by atoms with Crippen LogP contribution in [0.2, 0.25) is 0 Å². The number of benzene rings is 2. The van der Waals surface area contributed by atoms with Crippen LogP contribution < -0.4 is 10.5 Å². The second-order valence-corrected chi connectivity index (χ2v) is 6.63. The van der Waals surface area contributed by atoms with Gasteiger partial charge in [-0.25, -0.2) is 0 Å². The normalized spacial score (nSPS) is 11.6.